The Labute approximate surface area is 171 Å². The highest BCUT2D eigenvalue weighted by Crippen LogP contribution is 2.32. The number of ether oxygens (including phenoxy) is 2. The van der Waals surface area contributed by atoms with E-state index in [1.165, 1.54) is 0 Å². The summed E-state index contributed by atoms with van der Waals surface area (Å²) in [7, 11) is 0. The van der Waals surface area contributed by atoms with Crippen molar-refractivity contribution in [3.8, 4) is 11.5 Å². The average Bonchev–Trinajstić information content (AvgIpc) is 2.55. The van der Waals surface area contributed by atoms with Crippen LogP contribution in [0.5, 0.6) is 11.5 Å². The Morgan fingerprint density at radius 1 is 1.12 bits per heavy atom. The summed E-state index contributed by atoms with van der Waals surface area (Å²) in [5.74, 6) is 1.86. The van der Waals surface area contributed by atoms with Crippen molar-refractivity contribution in [2.24, 2.45) is 5.92 Å². The third kappa shape index (κ3) is 6.65. The molecular formula is C20H23Br2NO3. The van der Waals surface area contributed by atoms with Gasteiger partial charge in [-0.3, -0.25) is 4.79 Å². The molecule has 0 unspecified atom stereocenters. The van der Waals surface area contributed by atoms with Gasteiger partial charge in [-0.15, -0.1) is 0 Å². The molecule has 0 saturated carbocycles. The molecule has 26 heavy (non-hydrogen) atoms. The predicted molar refractivity (Wildman–Crippen MR) is 112 cm³/mol. The average molecular weight is 485 g/mol. The lowest BCUT2D eigenvalue weighted by Crippen LogP contribution is -2.20. The highest BCUT2D eigenvalue weighted by Gasteiger charge is 2.10. The maximum absolute atomic E-state index is 12.1. The van der Waals surface area contributed by atoms with Crippen molar-refractivity contribution >= 4 is 43.5 Å². The SMILES string of the molecule is Cc1cc(Br)cc(Br)c1OCC(=O)Nc1ccc(OCCC(C)C)cc1. The Morgan fingerprint density at radius 3 is 2.42 bits per heavy atom. The number of hydrogen-bond donors (Lipinski definition) is 1. The highest BCUT2D eigenvalue weighted by atomic mass is 79.9. The fraction of sp³-hybridized carbons (Fsp3) is 0.350. The molecule has 0 heterocycles. The molecule has 2 rings (SSSR count). The number of anilines is 1. The molecule has 0 aliphatic carbocycles. The van der Waals surface area contributed by atoms with E-state index in [2.05, 4.69) is 51.0 Å². The number of halogens is 2. The maximum atomic E-state index is 12.1. The zero-order valence-electron chi connectivity index (χ0n) is 15.1. The molecule has 2 aromatic carbocycles. The molecule has 4 nitrogen and oxygen atoms in total. The molecule has 0 fully saturated rings. The summed E-state index contributed by atoms with van der Waals surface area (Å²) in [6, 6.07) is 11.2. The molecule has 0 bridgehead atoms. The van der Waals surface area contributed by atoms with Gasteiger partial charge >= 0.3 is 0 Å². The van der Waals surface area contributed by atoms with Crippen LogP contribution in [0.3, 0.4) is 0 Å². The van der Waals surface area contributed by atoms with Crippen LogP contribution in [0.4, 0.5) is 5.69 Å². The van der Waals surface area contributed by atoms with Crippen LogP contribution in [-0.4, -0.2) is 19.1 Å². The summed E-state index contributed by atoms with van der Waals surface area (Å²) in [4.78, 5) is 12.1. The van der Waals surface area contributed by atoms with Gasteiger partial charge in [0.2, 0.25) is 0 Å². The number of rotatable bonds is 8. The van der Waals surface area contributed by atoms with Gasteiger partial charge in [0.15, 0.2) is 6.61 Å². The van der Waals surface area contributed by atoms with Crippen LogP contribution in [0.2, 0.25) is 0 Å². The molecule has 2 aromatic rings. The molecule has 1 N–H and O–H groups in total. The van der Waals surface area contributed by atoms with Crippen molar-refractivity contribution in [3.63, 3.8) is 0 Å². The van der Waals surface area contributed by atoms with E-state index >= 15 is 0 Å². The first-order chi connectivity index (χ1) is 12.3. The summed E-state index contributed by atoms with van der Waals surface area (Å²) >= 11 is 6.88. The summed E-state index contributed by atoms with van der Waals surface area (Å²) in [6.07, 6.45) is 1.01. The molecule has 0 aliphatic heterocycles. The second-order valence-corrected chi connectivity index (χ2v) is 8.20. The van der Waals surface area contributed by atoms with Crippen molar-refractivity contribution in [1.29, 1.82) is 0 Å². The third-order valence-electron chi connectivity index (χ3n) is 3.64. The highest BCUT2D eigenvalue weighted by molar-refractivity contribution is 9.11. The Bertz CT molecular complexity index is 722. The molecule has 1 amide bonds. The Balaban J connectivity index is 1.84. The van der Waals surface area contributed by atoms with E-state index in [9.17, 15) is 4.79 Å². The maximum Gasteiger partial charge on any atom is 0.262 e. The van der Waals surface area contributed by atoms with Gasteiger partial charge in [-0.2, -0.15) is 0 Å². The molecule has 0 saturated heterocycles. The van der Waals surface area contributed by atoms with Crippen molar-refractivity contribution in [2.75, 3.05) is 18.5 Å². The van der Waals surface area contributed by atoms with Gasteiger partial charge in [-0.25, -0.2) is 0 Å². The van der Waals surface area contributed by atoms with E-state index < -0.39 is 0 Å². The van der Waals surface area contributed by atoms with Gasteiger partial charge in [-0.1, -0.05) is 29.8 Å². The number of carbonyl (C=O) groups excluding carboxylic acids is 1. The first-order valence-corrected chi connectivity index (χ1v) is 10.0. The van der Waals surface area contributed by atoms with Crippen LogP contribution < -0.4 is 14.8 Å². The number of carbonyl (C=O) groups is 1. The number of aryl methyl sites for hydroxylation is 1. The molecule has 0 atom stereocenters. The van der Waals surface area contributed by atoms with Gasteiger partial charge in [0, 0.05) is 10.2 Å². The predicted octanol–water partition coefficient (Wildman–Crippen LogP) is 5.96. The van der Waals surface area contributed by atoms with Gasteiger partial charge in [0.05, 0.1) is 11.1 Å². The minimum Gasteiger partial charge on any atom is -0.494 e. The van der Waals surface area contributed by atoms with Crippen LogP contribution in [-0.2, 0) is 4.79 Å². The zero-order chi connectivity index (χ0) is 19.1. The minimum absolute atomic E-state index is 0.0618. The smallest absolute Gasteiger partial charge is 0.262 e. The number of benzene rings is 2. The first kappa shape index (κ1) is 20.8. The lowest BCUT2D eigenvalue weighted by atomic mass is 10.1. The number of hydrogen-bond acceptors (Lipinski definition) is 3. The van der Waals surface area contributed by atoms with Crippen LogP contribution in [0.25, 0.3) is 0 Å². The minimum atomic E-state index is -0.215. The van der Waals surface area contributed by atoms with E-state index in [0.29, 0.717) is 24.0 Å². The van der Waals surface area contributed by atoms with Crippen molar-refractivity contribution in [1.82, 2.24) is 0 Å². The standard InChI is InChI=1S/C20H23Br2NO3/c1-13(2)8-9-25-17-6-4-16(5-7-17)23-19(24)12-26-20-14(3)10-15(21)11-18(20)22/h4-7,10-11,13H,8-9,12H2,1-3H3,(H,23,24). The second-order valence-electron chi connectivity index (χ2n) is 6.43. The fourth-order valence-corrected chi connectivity index (χ4v) is 3.81. The Hall–Kier alpha value is -1.53. The third-order valence-corrected chi connectivity index (χ3v) is 4.69. The lowest BCUT2D eigenvalue weighted by Gasteiger charge is -2.12. The molecule has 0 aliphatic rings. The second kappa shape index (κ2) is 9.97. The summed E-state index contributed by atoms with van der Waals surface area (Å²) in [5.41, 5.74) is 1.66. The van der Waals surface area contributed by atoms with Crippen molar-refractivity contribution in [3.05, 3.63) is 50.9 Å². The van der Waals surface area contributed by atoms with Gasteiger partial charge in [-0.05, 0) is 77.2 Å². The van der Waals surface area contributed by atoms with Gasteiger partial charge in [0.25, 0.3) is 5.91 Å². The van der Waals surface area contributed by atoms with Crippen molar-refractivity contribution < 1.29 is 14.3 Å². The zero-order valence-corrected chi connectivity index (χ0v) is 18.3. The lowest BCUT2D eigenvalue weighted by molar-refractivity contribution is -0.118. The quantitative estimate of drug-likeness (QED) is 0.502. The van der Waals surface area contributed by atoms with Crippen LogP contribution in [0.15, 0.2) is 45.3 Å². The largest absolute Gasteiger partial charge is 0.494 e. The molecule has 0 aromatic heterocycles. The molecule has 0 spiro atoms. The summed E-state index contributed by atoms with van der Waals surface area (Å²) in [6.45, 7) is 6.89. The normalized spacial score (nSPS) is 10.7. The topological polar surface area (TPSA) is 47.6 Å². The Morgan fingerprint density at radius 2 is 1.81 bits per heavy atom. The van der Waals surface area contributed by atoms with Gasteiger partial charge < -0.3 is 14.8 Å². The van der Waals surface area contributed by atoms with Crippen LogP contribution in [0.1, 0.15) is 25.8 Å². The van der Waals surface area contributed by atoms with Crippen LogP contribution >= 0.6 is 31.9 Å². The van der Waals surface area contributed by atoms with E-state index in [-0.39, 0.29) is 12.5 Å². The number of nitrogens with one attached hydrogen (secondary N) is 1. The van der Waals surface area contributed by atoms with E-state index in [4.69, 9.17) is 9.47 Å². The monoisotopic (exact) mass is 483 g/mol. The van der Waals surface area contributed by atoms with E-state index in [1.807, 2.05) is 43.3 Å². The number of amides is 1. The van der Waals surface area contributed by atoms with E-state index in [0.717, 1.165) is 26.7 Å². The molecule has 6 heteroatoms. The molecule has 140 valence electrons. The van der Waals surface area contributed by atoms with Gasteiger partial charge in [0.1, 0.15) is 11.5 Å². The van der Waals surface area contributed by atoms with Crippen LogP contribution in [0, 0.1) is 12.8 Å². The first-order valence-electron chi connectivity index (χ1n) is 8.46. The fourth-order valence-electron chi connectivity index (χ4n) is 2.25. The summed E-state index contributed by atoms with van der Waals surface area (Å²) in [5, 5.41) is 2.82. The summed E-state index contributed by atoms with van der Waals surface area (Å²) < 4.78 is 13.1. The van der Waals surface area contributed by atoms with E-state index in [1.54, 1.807) is 0 Å². The molecule has 0 radical (unpaired) electrons. The van der Waals surface area contributed by atoms with Crippen molar-refractivity contribution in [2.45, 2.75) is 27.2 Å². The Kier molecular flexibility index (Phi) is 7.97. The molecular weight excluding hydrogens is 462 g/mol.